The van der Waals surface area contributed by atoms with Crippen molar-refractivity contribution in [1.29, 1.82) is 0 Å². The van der Waals surface area contributed by atoms with Crippen molar-refractivity contribution in [2.45, 2.75) is 65.2 Å². The summed E-state index contributed by atoms with van der Waals surface area (Å²) in [6, 6.07) is 17.6. The van der Waals surface area contributed by atoms with Gasteiger partial charge in [0.25, 0.3) is 0 Å². The second kappa shape index (κ2) is 13.7. The number of hydrogen-bond acceptors (Lipinski definition) is 0. The first-order valence-electron chi connectivity index (χ1n) is 10.9. The third kappa shape index (κ3) is 9.20. The molecular formula is C30H34Cl2Zr. The molecule has 2 aromatic carbocycles. The zero-order chi connectivity index (χ0) is 21.8. The van der Waals surface area contributed by atoms with E-state index < -0.39 is 0 Å². The minimum atomic E-state index is 0. The molecule has 0 saturated carbocycles. The van der Waals surface area contributed by atoms with Crippen LogP contribution in [0.5, 0.6) is 0 Å². The maximum absolute atomic E-state index is 3.34. The predicted molar refractivity (Wildman–Crippen MR) is 131 cm³/mol. The fourth-order valence-electron chi connectivity index (χ4n) is 3.51. The fourth-order valence-corrected chi connectivity index (χ4v) is 3.51. The van der Waals surface area contributed by atoms with Crippen molar-refractivity contribution in [1.82, 2.24) is 0 Å². The van der Waals surface area contributed by atoms with Crippen LogP contribution < -0.4 is 24.8 Å². The van der Waals surface area contributed by atoms with Crippen molar-refractivity contribution in [2.75, 3.05) is 0 Å². The smallest absolute Gasteiger partial charge is 1.00 e. The Labute approximate surface area is 233 Å². The molecule has 0 radical (unpaired) electrons. The molecule has 0 aromatic heterocycles. The molecule has 33 heavy (non-hydrogen) atoms. The van der Waals surface area contributed by atoms with Gasteiger partial charge in [0.1, 0.15) is 0 Å². The van der Waals surface area contributed by atoms with Crippen LogP contribution in [0, 0.1) is 12.2 Å². The second-order valence-corrected chi connectivity index (χ2v) is 10.0. The minimum absolute atomic E-state index is 0. The third-order valence-electron chi connectivity index (χ3n) is 5.51. The average molecular weight is 557 g/mol. The molecular weight excluding hydrogens is 522 g/mol. The molecule has 0 heterocycles. The van der Waals surface area contributed by atoms with Gasteiger partial charge in [-0.2, -0.15) is 35.5 Å². The van der Waals surface area contributed by atoms with Crippen molar-refractivity contribution in [3.63, 3.8) is 0 Å². The molecule has 2 aliphatic carbocycles. The van der Waals surface area contributed by atoms with Crippen LogP contribution in [0.1, 0.15) is 76.6 Å². The van der Waals surface area contributed by atoms with E-state index in [0.717, 1.165) is 12.8 Å². The Morgan fingerprint density at radius 1 is 0.545 bits per heavy atom. The van der Waals surface area contributed by atoms with Crippen molar-refractivity contribution >= 4 is 11.1 Å². The van der Waals surface area contributed by atoms with Gasteiger partial charge < -0.3 is 24.8 Å². The molecule has 0 spiro atoms. The van der Waals surface area contributed by atoms with Gasteiger partial charge in [0.2, 0.25) is 0 Å². The fraction of sp³-hybridized carbons (Fsp3) is 0.333. The van der Waals surface area contributed by atoms with E-state index in [9.17, 15) is 0 Å². The summed E-state index contributed by atoms with van der Waals surface area (Å²) in [5.74, 6) is 0. The molecule has 0 N–H and O–H groups in total. The predicted octanol–water partition coefficient (Wildman–Crippen LogP) is 2.27. The van der Waals surface area contributed by atoms with Gasteiger partial charge in [-0.3, -0.25) is 0 Å². The molecule has 172 valence electrons. The van der Waals surface area contributed by atoms with Crippen LogP contribution in [-0.4, -0.2) is 0 Å². The largest absolute Gasteiger partial charge is 4.00 e. The number of halogens is 2. The monoisotopic (exact) mass is 554 g/mol. The first-order valence-corrected chi connectivity index (χ1v) is 10.9. The molecule has 0 unspecified atom stereocenters. The molecule has 2 aromatic rings. The van der Waals surface area contributed by atoms with E-state index in [2.05, 4.69) is 127 Å². The molecule has 0 bridgehead atoms. The number of benzene rings is 2. The maximum atomic E-state index is 3.34. The first kappa shape index (κ1) is 31.9. The van der Waals surface area contributed by atoms with Gasteiger partial charge in [-0.05, 0) is 22.0 Å². The van der Waals surface area contributed by atoms with Crippen LogP contribution in [0.25, 0.3) is 11.1 Å². The van der Waals surface area contributed by atoms with Gasteiger partial charge in [-0.25, -0.2) is 0 Å². The van der Waals surface area contributed by atoms with Crippen LogP contribution in [0.4, 0.5) is 0 Å². The molecule has 0 fully saturated rings. The molecule has 0 nitrogen and oxygen atoms in total. The van der Waals surface area contributed by atoms with Gasteiger partial charge in [0.15, 0.2) is 0 Å². The van der Waals surface area contributed by atoms with Gasteiger partial charge in [0, 0.05) is 0 Å². The van der Waals surface area contributed by atoms with E-state index in [1.807, 2.05) is 0 Å². The van der Waals surface area contributed by atoms with Crippen LogP contribution in [-0.2, 0) is 37.0 Å². The molecule has 0 saturated heterocycles. The van der Waals surface area contributed by atoms with Gasteiger partial charge in [-0.1, -0.05) is 78.6 Å². The summed E-state index contributed by atoms with van der Waals surface area (Å²) in [6.45, 7) is 13.4. The molecule has 2 aliphatic rings. The van der Waals surface area contributed by atoms with Crippen molar-refractivity contribution in [3.8, 4) is 0 Å². The third-order valence-corrected chi connectivity index (χ3v) is 5.51. The molecule has 4 rings (SSSR count). The van der Waals surface area contributed by atoms with E-state index in [0.29, 0.717) is 0 Å². The second-order valence-electron chi connectivity index (χ2n) is 10.0. The standard InChI is InChI=1S/2C15H17.2ClH.Zr/c2*1-15(2,3)14-10-8-13(9-11-14)12-6-4-5-7-12;;;/h2*4,6,8-11H,5H2,1-3H3;2*1H;/q2*-1;;;+4/p-2. The number of hydrogen-bond donors (Lipinski definition) is 0. The topological polar surface area (TPSA) is 0 Å². The van der Waals surface area contributed by atoms with E-state index in [-0.39, 0.29) is 61.8 Å². The van der Waals surface area contributed by atoms with Crippen LogP contribution in [0.2, 0.25) is 0 Å². The zero-order valence-electron chi connectivity index (χ0n) is 20.6. The van der Waals surface area contributed by atoms with E-state index in [4.69, 9.17) is 0 Å². The van der Waals surface area contributed by atoms with Crippen molar-refractivity contribution in [2.24, 2.45) is 0 Å². The molecule has 0 aliphatic heterocycles. The molecule has 0 amide bonds. The van der Waals surface area contributed by atoms with E-state index >= 15 is 0 Å². The maximum Gasteiger partial charge on any atom is 4.00 e. The minimum Gasteiger partial charge on any atom is -1.00 e. The van der Waals surface area contributed by atoms with Gasteiger partial charge in [0.05, 0.1) is 0 Å². The average Bonchev–Trinajstić information content (AvgIpc) is 3.42. The SMILES string of the molecule is CC(C)(C)c1ccc(C2=[C-]CC=C2)cc1.CC(C)(C)c1ccc(C2=[C-]CC=C2)cc1.[Cl-].[Cl-].[Zr+4]. The summed E-state index contributed by atoms with van der Waals surface area (Å²) in [5.41, 5.74) is 8.26. The Morgan fingerprint density at radius 3 is 1.06 bits per heavy atom. The normalized spacial score (nSPS) is 14.1. The molecule has 3 heteroatoms. The van der Waals surface area contributed by atoms with Gasteiger partial charge in [-0.15, -0.1) is 47.5 Å². The zero-order valence-corrected chi connectivity index (χ0v) is 24.6. The summed E-state index contributed by atoms with van der Waals surface area (Å²) in [6.07, 6.45) is 17.2. The quantitative estimate of drug-likeness (QED) is 0.498. The Morgan fingerprint density at radius 2 is 0.848 bits per heavy atom. The van der Waals surface area contributed by atoms with Crippen LogP contribution in [0.3, 0.4) is 0 Å². The summed E-state index contributed by atoms with van der Waals surface area (Å²) in [7, 11) is 0. The Kier molecular flexibility index (Phi) is 13.2. The summed E-state index contributed by atoms with van der Waals surface area (Å²) in [5, 5.41) is 0. The first-order chi connectivity index (χ1) is 14.1. The molecule has 0 atom stereocenters. The van der Waals surface area contributed by atoms with Crippen molar-refractivity contribution in [3.05, 3.63) is 107 Å². The van der Waals surface area contributed by atoms with Crippen LogP contribution >= 0.6 is 0 Å². The van der Waals surface area contributed by atoms with E-state index in [1.54, 1.807) is 0 Å². The number of rotatable bonds is 2. The Bertz CT molecular complexity index is 894. The number of allylic oxidation sites excluding steroid dienone is 8. The summed E-state index contributed by atoms with van der Waals surface area (Å²) < 4.78 is 0. The van der Waals surface area contributed by atoms with E-state index in [1.165, 1.54) is 33.4 Å². The van der Waals surface area contributed by atoms with Crippen LogP contribution in [0.15, 0.2) is 72.8 Å². The van der Waals surface area contributed by atoms with Gasteiger partial charge >= 0.3 is 26.2 Å². The summed E-state index contributed by atoms with van der Waals surface area (Å²) >= 11 is 0. The van der Waals surface area contributed by atoms with Crippen molar-refractivity contribution < 1.29 is 51.0 Å². The summed E-state index contributed by atoms with van der Waals surface area (Å²) in [4.78, 5) is 0. The Balaban J connectivity index is 0.000000569. The Hall–Kier alpha value is -1.14.